The molecule has 0 fully saturated rings. The van der Waals surface area contributed by atoms with Gasteiger partial charge in [0.15, 0.2) is 11.6 Å². The van der Waals surface area contributed by atoms with Crippen molar-refractivity contribution >= 4 is 17.5 Å². The van der Waals surface area contributed by atoms with E-state index in [0.29, 0.717) is 6.07 Å². The smallest absolute Gasteiger partial charge is 0.424 e. The van der Waals surface area contributed by atoms with Gasteiger partial charge in [0, 0.05) is 17.7 Å². The number of alkyl halides is 3. The minimum Gasteiger partial charge on any atom is -0.491 e. The highest BCUT2D eigenvalue weighted by molar-refractivity contribution is 6.33. The summed E-state index contributed by atoms with van der Waals surface area (Å²) in [6.07, 6.45) is -5.85. The fourth-order valence-corrected chi connectivity index (χ4v) is 2.92. The van der Waals surface area contributed by atoms with Gasteiger partial charge in [0.05, 0.1) is 23.7 Å². The number of aliphatic hydroxyl groups is 1. The normalized spacial score (nSPS) is 13.8. The first kappa shape index (κ1) is 23.8. The molecule has 1 heterocycles. The number of hydrogen-bond donors (Lipinski definition) is 3. The summed E-state index contributed by atoms with van der Waals surface area (Å²) in [5, 5.41) is 9.43. The van der Waals surface area contributed by atoms with Gasteiger partial charge in [-0.25, -0.2) is 13.8 Å². The highest BCUT2D eigenvalue weighted by atomic mass is 35.5. The fourth-order valence-electron chi connectivity index (χ4n) is 2.68. The van der Waals surface area contributed by atoms with Gasteiger partial charge in [-0.05, 0) is 25.1 Å². The Morgan fingerprint density at radius 3 is 2.43 bits per heavy atom. The van der Waals surface area contributed by atoms with Crippen molar-refractivity contribution < 1.29 is 36.6 Å². The summed E-state index contributed by atoms with van der Waals surface area (Å²) >= 11 is 5.84. The Morgan fingerprint density at radius 2 is 1.93 bits per heavy atom. The third kappa shape index (κ3) is 4.32. The average Bonchev–Trinajstić information content (AvgIpc) is 2.65. The lowest BCUT2D eigenvalue weighted by Crippen LogP contribution is -2.49. The average molecular weight is 454 g/mol. The zero-order valence-electron chi connectivity index (χ0n) is 15.5. The van der Waals surface area contributed by atoms with Crippen LogP contribution in [0.1, 0.15) is 18.2 Å². The Bertz CT molecular complexity index is 971. The molecule has 2 rings (SSSR count). The molecule has 0 unspecified atom stereocenters. The Hall–Kier alpha value is -2.50. The predicted octanol–water partition coefficient (Wildman–Crippen LogP) is 2.82. The molecule has 0 aliphatic carbocycles. The second-order valence-corrected chi connectivity index (χ2v) is 6.58. The zero-order chi connectivity index (χ0) is 22.9. The molecule has 0 saturated heterocycles. The van der Waals surface area contributed by atoms with Gasteiger partial charge in [0.2, 0.25) is 11.5 Å². The van der Waals surface area contributed by atoms with Crippen LogP contribution in [0.15, 0.2) is 18.2 Å². The van der Waals surface area contributed by atoms with Gasteiger partial charge in [-0.15, -0.1) is 0 Å². The zero-order valence-corrected chi connectivity index (χ0v) is 16.2. The van der Waals surface area contributed by atoms with Crippen molar-refractivity contribution in [2.24, 2.45) is 11.5 Å². The lowest BCUT2D eigenvalue weighted by molar-refractivity contribution is -0.263. The lowest BCUT2D eigenvalue weighted by Gasteiger charge is -2.30. The number of rotatable bonds is 7. The third-order valence-corrected chi connectivity index (χ3v) is 4.55. The van der Waals surface area contributed by atoms with Crippen LogP contribution in [0.4, 0.5) is 22.0 Å². The van der Waals surface area contributed by atoms with Crippen LogP contribution >= 0.6 is 11.6 Å². The van der Waals surface area contributed by atoms with Crippen molar-refractivity contribution in [2.75, 3.05) is 13.2 Å². The molecular weight excluding hydrogens is 437 g/mol. The maximum atomic E-state index is 14.0. The molecule has 6 nitrogen and oxygen atoms in total. The van der Waals surface area contributed by atoms with E-state index < -0.39 is 58.7 Å². The van der Waals surface area contributed by atoms with E-state index in [-0.39, 0.29) is 23.5 Å². The van der Waals surface area contributed by atoms with Crippen molar-refractivity contribution in [1.82, 2.24) is 4.98 Å². The SMILES string of the molecule is CCOc1c(CC(N)=O)cc([C@@](O)(CN)C(F)(F)F)nc1-c1ccc(F)c(F)c1Cl. The first-order valence-electron chi connectivity index (χ1n) is 8.45. The number of nitrogens with two attached hydrogens (primary N) is 2. The molecule has 0 saturated carbocycles. The largest absolute Gasteiger partial charge is 0.491 e. The maximum Gasteiger partial charge on any atom is 0.424 e. The second kappa shape index (κ2) is 8.70. The molecule has 30 heavy (non-hydrogen) atoms. The molecule has 1 aromatic heterocycles. The van der Waals surface area contributed by atoms with E-state index >= 15 is 0 Å². The minimum absolute atomic E-state index is 0.0263. The van der Waals surface area contributed by atoms with Gasteiger partial charge >= 0.3 is 6.18 Å². The van der Waals surface area contributed by atoms with E-state index in [1.807, 2.05) is 0 Å². The number of carbonyl (C=O) groups excluding carboxylic acids is 1. The number of pyridine rings is 1. The van der Waals surface area contributed by atoms with Crippen molar-refractivity contribution in [3.05, 3.63) is 46.1 Å². The van der Waals surface area contributed by atoms with Gasteiger partial charge in [0.25, 0.3) is 0 Å². The summed E-state index contributed by atoms with van der Waals surface area (Å²) in [5.41, 5.74) is 4.78. The Morgan fingerprint density at radius 1 is 1.30 bits per heavy atom. The van der Waals surface area contributed by atoms with Gasteiger partial charge in [0.1, 0.15) is 11.4 Å². The van der Waals surface area contributed by atoms with E-state index in [4.69, 9.17) is 27.8 Å². The van der Waals surface area contributed by atoms with E-state index in [0.717, 1.165) is 12.1 Å². The summed E-state index contributed by atoms with van der Waals surface area (Å²) in [4.78, 5) is 15.2. The molecule has 164 valence electrons. The number of carbonyl (C=O) groups is 1. The Balaban J connectivity index is 2.95. The van der Waals surface area contributed by atoms with Crippen molar-refractivity contribution in [3.8, 4) is 17.0 Å². The number of hydrogen-bond acceptors (Lipinski definition) is 5. The molecule has 1 aromatic carbocycles. The van der Waals surface area contributed by atoms with Gasteiger partial charge in [-0.2, -0.15) is 13.2 Å². The molecule has 0 radical (unpaired) electrons. The van der Waals surface area contributed by atoms with Gasteiger partial charge in [-0.1, -0.05) is 11.6 Å². The van der Waals surface area contributed by atoms with Crippen LogP contribution in [0.25, 0.3) is 11.3 Å². The fraction of sp³-hybridized carbons (Fsp3) is 0.333. The van der Waals surface area contributed by atoms with E-state index in [9.17, 15) is 31.9 Å². The molecule has 5 N–H and O–H groups in total. The summed E-state index contributed by atoms with van der Waals surface area (Å²) in [6.45, 7) is 0.199. The maximum absolute atomic E-state index is 14.0. The van der Waals surface area contributed by atoms with Crippen LogP contribution < -0.4 is 16.2 Å². The van der Waals surface area contributed by atoms with Crippen molar-refractivity contribution in [3.63, 3.8) is 0 Å². The molecule has 0 aliphatic rings. The van der Waals surface area contributed by atoms with Crippen LogP contribution in [-0.4, -0.2) is 35.3 Å². The molecule has 0 bridgehead atoms. The summed E-state index contributed by atoms with van der Waals surface area (Å²) < 4.78 is 73.5. The second-order valence-electron chi connectivity index (χ2n) is 6.21. The lowest BCUT2D eigenvalue weighted by atomic mass is 9.94. The molecule has 12 heteroatoms. The van der Waals surface area contributed by atoms with Crippen LogP contribution in [0.2, 0.25) is 5.02 Å². The van der Waals surface area contributed by atoms with Crippen molar-refractivity contribution in [2.45, 2.75) is 25.1 Å². The topological polar surface area (TPSA) is 111 Å². The number of halogens is 6. The molecule has 1 atom stereocenters. The molecule has 0 aliphatic heterocycles. The number of aromatic nitrogens is 1. The standard InChI is InChI=1S/C18H17ClF5N3O3/c1-2-30-16-8(6-12(26)28)5-11(17(29,7-25)18(22,23)24)27-15(16)9-3-4-10(20)14(21)13(9)19/h3-5,29H,2,6-7,25H2,1H3,(H2,26,28)/t17-/m0/s1. The summed E-state index contributed by atoms with van der Waals surface area (Å²) in [7, 11) is 0. The van der Waals surface area contributed by atoms with Crippen LogP contribution in [-0.2, 0) is 16.8 Å². The predicted molar refractivity (Wildman–Crippen MR) is 97.7 cm³/mol. The highest BCUT2D eigenvalue weighted by Crippen LogP contribution is 2.43. The molecule has 0 spiro atoms. The van der Waals surface area contributed by atoms with Crippen LogP contribution in [0.3, 0.4) is 0 Å². The number of nitrogens with zero attached hydrogens (tertiary/aromatic N) is 1. The van der Waals surface area contributed by atoms with Gasteiger partial charge in [-0.3, -0.25) is 4.79 Å². The quantitative estimate of drug-likeness (QED) is 0.441. The van der Waals surface area contributed by atoms with E-state index in [1.54, 1.807) is 0 Å². The summed E-state index contributed by atoms with van der Waals surface area (Å²) in [5.74, 6) is -3.93. The number of ether oxygens (including phenoxy) is 1. The van der Waals surface area contributed by atoms with Crippen LogP contribution in [0.5, 0.6) is 5.75 Å². The Labute approximate surface area is 172 Å². The third-order valence-electron chi connectivity index (χ3n) is 4.18. The number of amides is 1. The number of primary amides is 1. The minimum atomic E-state index is -5.25. The number of benzene rings is 1. The van der Waals surface area contributed by atoms with Crippen LogP contribution in [0, 0.1) is 11.6 Å². The molecule has 2 aromatic rings. The Kier molecular flexibility index (Phi) is 6.90. The molecule has 1 amide bonds. The molecular formula is C18H17ClF5N3O3. The van der Waals surface area contributed by atoms with Gasteiger partial charge < -0.3 is 21.3 Å². The summed E-state index contributed by atoms with van der Waals surface area (Å²) in [6, 6.07) is 2.43. The van der Waals surface area contributed by atoms with E-state index in [2.05, 4.69) is 4.98 Å². The highest BCUT2D eigenvalue weighted by Gasteiger charge is 2.55. The first-order chi connectivity index (χ1) is 13.9. The first-order valence-corrected chi connectivity index (χ1v) is 8.83. The monoisotopic (exact) mass is 453 g/mol. The van der Waals surface area contributed by atoms with E-state index in [1.165, 1.54) is 6.92 Å². The van der Waals surface area contributed by atoms with Crippen molar-refractivity contribution in [1.29, 1.82) is 0 Å².